The van der Waals surface area contributed by atoms with Gasteiger partial charge in [0.05, 0.1) is 6.54 Å². The number of carbonyl (C=O) groups is 17. The minimum absolute atomic E-state index is 0.460. The van der Waals surface area contributed by atoms with E-state index in [-0.39, 0.29) is 0 Å². The van der Waals surface area contributed by atoms with Gasteiger partial charge in [-0.1, -0.05) is 0 Å². The van der Waals surface area contributed by atoms with Crippen LogP contribution in [0.3, 0.4) is 0 Å². The second-order valence-electron chi connectivity index (χ2n) is 19.3. The number of carboxylic acid groups (broad SMARTS) is 2. The molecule has 17 N–H and O–H groups in total. The Labute approximate surface area is 471 Å². The van der Waals surface area contributed by atoms with Gasteiger partial charge >= 0.3 is 11.9 Å². The van der Waals surface area contributed by atoms with E-state index in [0.717, 1.165) is 0 Å². The van der Waals surface area contributed by atoms with E-state index in [9.17, 15) is 86.6 Å². The zero-order chi connectivity index (χ0) is 63.6. The van der Waals surface area contributed by atoms with E-state index >= 15 is 0 Å². The molecule has 0 aliphatic carbocycles. The second-order valence-corrected chi connectivity index (χ2v) is 19.3. The normalized spacial score (nSPS) is 15.8. The van der Waals surface area contributed by atoms with Crippen molar-refractivity contribution in [2.24, 2.45) is 0 Å². The van der Waals surface area contributed by atoms with Gasteiger partial charge in [-0.25, -0.2) is 0 Å². The Morgan fingerprint density at radius 1 is 0.280 bits per heavy atom. The Morgan fingerprint density at radius 3 is 0.756 bits per heavy atom. The van der Waals surface area contributed by atoms with Crippen molar-refractivity contribution in [3.05, 3.63) is 0 Å². The highest BCUT2D eigenvalue weighted by Gasteiger charge is 2.32. The van der Waals surface area contributed by atoms with E-state index in [1.54, 1.807) is 0 Å². The molecular formula is C48H79N15O19. The van der Waals surface area contributed by atoms with E-state index in [1.165, 1.54) is 96.9 Å². The molecule has 0 saturated carbocycles. The topological polar surface area (TPSA) is 511 Å². The first-order chi connectivity index (χ1) is 37.8. The van der Waals surface area contributed by atoms with Gasteiger partial charge in [-0.05, 0) is 96.4 Å². The van der Waals surface area contributed by atoms with Crippen molar-refractivity contribution >= 4 is 101 Å². The van der Waals surface area contributed by atoms with E-state index in [2.05, 4.69) is 79.8 Å². The third-order valence-corrected chi connectivity index (χ3v) is 11.5. The lowest BCUT2D eigenvalue weighted by atomic mass is 10.1. The molecule has 0 fully saturated rings. The Morgan fingerprint density at radius 2 is 0.500 bits per heavy atom. The second kappa shape index (κ2) is 34.9. The number of aliphatic carboxylic acids is 2. The largest absolute Gasteiger partial charge is 0.481 e. The Kier molecular flexibility index (Phi) is 31.0. The predicted molar refractivity (Wildman–Crippen MR) is 284 cm³/mol. The zero-order valence-corrected chi connectivity index (χ0v) is 48.0. The van der Waals surface area contributed by atoms with E-state index < -0.39 is 205 Å². The highest BCUT2D eigenvalue weighted by molar-refractivity contribution is 5.99. The summed E-state index contributed by atoms with van der Waals surface area (Å²) in [6.07, 6.45) is -1.08. The zero-order valence-electron chi connectivity index (χ0n) is 48.0. The van der Waals surface area contributed by atoms with Crippen LogP contribution in [0, 0.1) is 0 Å². The molecule has 34 nitrogen and oxygen atoms in total. The summed E-state index contributed by atoms with van der Waals surface area (Å²) in [4.78, 5) is 212. The van der Waals surface area contributed by atoms with Crippen LogP contribution in [0.4, 0.5) is 0 Å². The molecule has 0 aromatic carbocycles. The van der Waals surface area contributed by atoms with Crippen molar-refractivity contribution in [2.75, 3.05) is 6.54 Å². The molecule has 15 amide bonds. The monoisotopic (exact) mass is 1170 g/mol. The lowest BCUT2D eigenvalue weighted by molar-refractivity contribution is -0.142. The van der Waals surface area contributed by atoms with Crippen LogP contribution in [-0.2, 0) is 81.5 Å². The summed E-state index contributed by atoms with van der Waals surface area (Å²) in [5, 5.41) is 53.0. The molecule has 460 valence electrons. The molecule has 0 bridgehead atoms. The Hall–Kier alpha value is -9.01. The fourth-order valence-electron chi connectivity index (χ4n) is 6.30. The summed E-state index contributed by atoms with van der Waals surface area (Å²) in [5.74, 6) is -15.1. The van der Waals surface area contributed by atoms with Crippen LogP contribution in [-0.4, -0.2) is 202 Å². The van der Waals surface area contributed by atoms with E-state index in [1.807, 2.05) is 0 Å². The lowest BCUT2D eigenvalue weighted by Gasteiger charge is -2.24. The molecule has 0 aromatic rings. The maximum atomic E-state index is 13.1. The molecule has 0 aliphatic rings. The summed E-state index contributed by atoms with van der Waals surface area (Å²) >= 11 is 0. The Bertz CT molecular complexity index is 2420. The highest BCUT2D eigenvalue weighted by atomic mass is 16.4. The highest BCUT2D eigenvalue weighted by Crippen LogP contribution is 2.03. The summed E-state index contributed by atoms with van der Waals surface area (Å²) in [6.45, 7) is 17.0. The summed E-state index contributed by atoms with van der Waals surface area (Å²) < 4.78 is 0. The first-order valence-electron chi connectivity index (χ1n) is 25.7. The number of carboxylic acids is 2. The minimum atomic E-state index is -1.55. The van der Waals surface area contributed by atoms with Gasteiger partial charge in [-0.2, -0.15) is 0 Å². The van der Waals surface area contributed by atoms with Crippen molar-refractivity contribution in [1.82, 2.24) is 79.8 Å². The summed E-state index contributed by atoms with van der Waals surface area (Å²) in [5.41, 5.74) is 0. The van der Waals surface area contributed by atoms with Crippen molar-refractivity contribution in [3.8, 4) is 0 Å². The number of hydrogen-bond acceptors (Lipinski definition) is 17. The molecule has 0 radical (unpaired) electrons. The van der Waals surface area contributed by atoms with Gasteiger partial charge in [0.2, 0.25) is 88.6 Å². The van der Waals surface area contributed by atoms with Gasteiger partial charge in [0.15, 0.2) is 0 Å². The first kappa shape index (κ1) is 73.0. The minimum Gasteiger partial charge on any atom is -0.481 e. The molecule has 0 aromatic heterocycles. The maximum absolute atomic E-state index is 13.1. The molecule has 0 spiro atoms. The number of carbonyl (C=O) groups excluding carboxylic acids is 15. The van der Waals surface area contributed by atoms with Crippen molar-refractivity contribution < 1.29 is 91.7 Å². The van der Waals surface area contributed by atoms with Crippen molar-refractivity contribution in [3.63, 3.8) is 0 Å². The van der Waals surface area contributed by atoms with Gasteiger partial charge in [0.1, 0.15) is 84.6 Å². The molecule has 34 heteroatoms. The molecule has 14 atom stereocenters. The van der Waals surface area contributed by atoms with Crippen LogP contribution in [0.2, 0.25) is 0 Å². The number of rotatable bonds is 33. The molecule has 0 heterocycles. The smallest absolute Gasteiger partial charge is 0.325 e. The molecule has 0 saturated heterocycles. The van der Waals surface area contributed by atoms with Crippen molar-refractivity contribution in [1.29, 1.82) is 0 Å². The van der Waals surface area contributed by atoms with Crippen LogP contribution in [0.25, 0.3) is 0 Å². The summed E-state index contributed by atoms with van der Waals surface area (Å²) in [7, 11) is 0. The fraction of sp³-hybridized carbons (Fsp3) is 0.646. The lowest BCUT2D eigenvalue weighted by Crippen LogP contribution is -2.58. The molecule has 0 unspecified atom stereocenters. The maximum Gasteiger partial charge on any atom is 0.325 e. The third kappa shape index (κ3) is 27.2. The number of hydrogen-bond donors (Lipinski definition) is 17. The molecule has 82 heavy (non-hydrogen) atoms. The average molecular weight is 1170 g/mol. The van der Waals surface area contributed by atoms with Crippen molar-refractivity contribution in [2.45, 2.75) is 194 Å². The van der Waals surface area contributed by atoms with E-state index in [4.69, 9.17) is 5.11 Å². The first-order valence-corrected chi connectivity index (χ1v) is 25.7. The van der Waals surface area contributed by atoms with Gasteiger partial charge < -0.3 is 90.0 Å². The van der Waals surface area contributed by atoms with Crippen LogP contribution >= 0.6 is 0 Å². The number of amides is 15. The third-order valence-electron chi connectivity index (χ3n) is 11.5. The van der Waals surface area contributed by atoms with Crippen LogP contribution < -0.4 is 79.8 Å². The van der Waals surface area contributed by atoms with Crippen LogP contribution in [0.1, 0.15) is 110 Å². The fourth-order valence-corrected chi connectivity index (χ4v) is 6.30. The number of nitrogens with one attached hydrogen (secondary N) is 15. The van der Waals surface area contributed by atoms with Gasteiger partial charge in [0, 0.05) is 13.3 Å². The SMILES string of the molecule is CC(=O)N[C@@H](C)C(=O)N[C@@H](C)C(=O)N[C@@H](C)C(=O)N[C@@H](C)C(=O)N[C@@H](C)C(=O)N[C@@H](C)C(=O)N[C@@H](C)C(=O)NCC(=O)N[C@@H](C)C(=O)N[C@@H](C)C(=O)N[C@@H](C)C(=O)N[C@@H](CCC(=O)O)C(=O)N[C@@H](C)C(=O)N[C@@H](C)C(=O)N[C@@H](C)C(=O)O. The molecule has 0 rings (SSSR count). The van der Waals surface area contributed by atoms with Crippen LogP contribution in [0.15, 0.2) is 0 Å². The van der Waals surface area contributed by atoms with Crippen LogP contribution in [0.5, 0.6) is 0 Å². The summed E-state index contributed by atoms with van der Waals surface area (Å²) in [6, 6.07) is -17.7. The van der Waals surface area contributed by atoms with E-state index in [0.29, 0.717) is 0 Å². The average Bonchev–Trinajstić information content (AvgIpc) is 3.42. The van der Waals surface area contributed by atoms with Gasteiger partial charge in [-0.15, -0.1) is 0 Å². The van der Waals surface area contributed by atoms with Gasteiger partial charge in [0.25, 0.3) is 0 Å². The standard InChI is InChI=1S/C48H79N15O19/c1-18(52-38(71)21(4)55-40(73)24(7)57-42(75)26(9)58-41(74)25(8)56-39(72)22(5)53-36(69)19(2)50-31(14)64)35(68)49-17-33(65)51-20(3)37(70)54-23(6)43(76)60-29(12)46(79)63-32(15-16-34(66)67)47(80)61-28(11)44(77)59-27(10)45(78)62-30(13)48(81)82/h18-30,32H,15-17H2,1-14H3,(H,49,68)(H,50,64)(H,51,65)(H,52,71)(H,53,69)(H,54,70)(H,55,73)(H,56,72)(H,57,75)(H,58,74)(H,59,77)(H,60,76)(H,61,80)(H,62,78)(H,63,79)(H,66,67)(H,81,82)/t18-,19-,20-,21-,22-,23-,24-,25-,26-,27-,28-,29-,30-,32-/m0/s1. The predicted octanol–water partition coefficient (Wildman–Crippen LogP) is -7.88. The van der Waals surface area contributed by atoms with Gasteiger partial charge in [-0.3, -0.25) is 81.5 Å². The molecule has 0 aliphatic heterocycles. The molecular weight excluding hydrogens is 1090 g/mol. The quantitative estimate of drug-likeness (QED) is 0.0290. The Balaban J connectivity index is 5.09.